The van der Waals surface area contributed by atoms with Gasteiger partial charge >= 0.3 is 5.97 Å². The zero-order valence-corrected chi connectivity index (χ0v) is 14.0. The van der Waals surface area contributed by atoms with Gasteiger partial charge in [-0.15, -0.1) is 0 Å². The van der Waals surface area contributed by atoms with E-state index in [4.69, 9.17) is 0 Å². The molecule has 1 aliphatic heterocycles. The zero-order valence-electron chi connectivity index (χ0n) is 14.0. The van der Waals surface area contributed by atoms with Crippen molar-refractivity contribution in [3.8, 4) is 0 Å². The molecule has 3 rings (SSSR count). The van der Waals surface area contributed by atoms with Gasteiger partial charge in [0.2, 0.25) is 5.78 Å². The number of carbonyl (C=O) groups is 2. The van der Waals surface area contributed by atoms with Gasteiger partial charge in [-0.2, -0.15) is 0 Å². The van der Waals surface area contributed by atoms with Crippen molar-refractivity contribution >= 4 is 11.8 Å². The first kappa shape index (κ1) is 16.5. The summed E-state index contributed by atoms with van der Waals surface area (Å²) in [5.41, 5.74) is 1.17. The lowest BCUT2D eigenvalue weighted by atomic mass is 9.78. The predicted octanol–water partition coefficient (Wildman–Crippen LogP) is 4.03. The number of aromatic nitrogens is 1. The summed E-state index contributed by atoms with van der Waals surface area (Å²) in [6.45, 7) is 2.70. The topological polar surface area (TPSA) is 59.3 Å². The first-order chi connectivity index (χ1) is 11.6. The Morgan fingerprint density at radius 3 is 2.54 bits per heavy atom. The second kappa shape index (κ2) is 6.63. The van der Waals surface area contributed by atoms with E-state index in [0.29, 0.717) is 30.6 Å². The van der Waals surface area contributed by atoms with Gasteiger partial charge in [0.05, 0.1) is 5.69 Å². The van der Waals surface area contributed by atoms with Gasteiger partial charge in [0, 0.05) is 17.8 Å². The number of hydrogen-bond acceptors (Lipinski definition) is 2. The summed E-state index contributed by atoms with van der Waals surface area (Å²) in [4.78, 5) is 24.8. The largest absolute Gasteiger partial charge is 0.481 e. The van der Waals surface area contributed by atoms with Gasteiger partial charge in [-0.1, -0.05) is 56.5 Å². The smallest absolute Gasteiger partial charge is 0.315 e. The molecule has 1 aromatic heterocycles. The number of aliphatic carboxylic acids is 1. The normalized spacial score (nSPS) is 19.2. The predicted molar refractivity (Wildman–Crippen MR) is 92.4 cm³/mol. The van der Waals surface area contributed by atoms with Crippen molar-refractivity contribution in [2.45, 2.75) is 51.0 Å². The van der Waals surface area contributed by atoms with Gasteiger partial charge in [0.1, 0.15) is 5.41 Å². The van der Waals surface area contributed by atoms with Crippen LogP contribution in [0.5, 0.6) is 0 Å². The average molecular weight is 325 g/mol. The number of carboxylic acid groups (broad SMARTS) is 1. The highest BCUT2D eigenvalue weighted by Crippen LogP contribution is 2.41. The maximum atomic E-state index is 12.7. The number of carbonyl (C=O) groups excluding carboxylic acids is 1. The van der Waals surface area contributed by atoms with Crippen LogP contribution in [0.2, 0.25) is 0 Å². The van der Waals surface area contributed by atoms with Crippen molar-refractivity contribution < 1.29 is 14.7 Å². The summed E-state index contributed by atoms with van der Waals surface area (Å²) in [5, 5.41) is 9.88. The Balaban J connectivity index is 1.94. The Kier molecular flexibility index (Phi) is 4.56. The summed E-state index contributed by atoms with van der Waals surface area (Å²) in [5.74, 6) is -0.814. The number of rotatable bonds is 7. The van der Waals surface area contributed by atoms with Crippen LogP contribution in [-0.4, -0.2) is 21.4 Å². The third-order valence-corrected chi connectivity index (χ3v) is 5.12. The lowest BCUT2D eigenvalue weighted by Gasteiger charge is -2.23. The van der Waals surface area contributed by atoms with Crippen LogP contribution in [0.1, 0.15) is 60.8 Å². The van der Waals surface area contributed by atoms with Crippen LogP contribution >= 0.6 is 0 Å². The number of hydrogen-bond donors (Lipinski definition) is 1. The zero-order chi connectivity index (χ0) is 17.2. The van der Waals surface area contributed by atoms with Gasteiger partial charge in [-0.3, -0.25) is 9.59 Å². The highest BCUT2D eigenvalue weighted by atomic mass is 16.4. The van der Waals surface area contributed by atoms with Gasteiger partial charge in [0.15, 0.2) is 0 Å². The first-order valence-electron chi connectivity index (χ1n) is 8.63. The third kappa shape index (κ3) is 2.66. The standard InChI is InChI=1S/C20H23NO3/c1-2-3-7-12-20(19(23)24)13-14-21-16(10-11-17(20)21)18(22)15-8-5-4-6-9-15/h4-6,8-11H,2-3,7,12-14H2,1H3,(H,23,24). The number of benzene rings is 1. The molecule has 1 aliphatic rings. The summed E-state index contributed by atoms with van der Waals surface area (Å²) < 4.78 is 1.91. The molecule has 0 saturated heterocycles. The molecule has 2 aromatic rings. The van der Waals surface area contributed by atoms with Crippen molar-refractivity contribution in [2.75, 3.05) is 0 Å². The summed E-state index contributed by atoms with van der Waals surface area (Å²) in [6.07, 6.45) is 4.20. The molecule has 0 amide bonds. The fraction of sp³-hybridized carbons (Fsp3) is 0.400. The maximum Gasteiger partial charge on any atom is 0.315 e. The van der Waals surface area contributed by atoms with E-state index in [0.717, 1.165) is 25.0 Å². The van der Waals surface area contributed by atoms with Gasteiger partial charge in [-0.25, -0.2) is 0 Å². The van der Waals surface area contributed by atoms with Gasteiger partial charge in [0.25, 0.3) is 0 Å². The second-order valence-corrected chi connectivity index (χ2v) is 6.54. The Bertz CT molecular complexity index is 747. The number of nitrogens with zero attached hydrogens (tertiary/aromatic N) is 1. The molecule has 2 heterocycles. The van der Waals surface area contributed by atoms with Crippen LogP contribution in [0.15, 0.2) is 42.5 Å². The van der Waals surface area contributed by atoms with Crippen molar-refractivity contribution in [3.63, 3.8) is 0 Å². The van der Waals surface area contributed by atoms with E-state index in [9.17, 15) is 14.7 Å². The molecular formula is C20H23NO3. The van der Waals surface area contributed by atoms with Crippen LogP contribution in [0.3, 0.4) is 0 Å². The van der Waals surface area contributed by atoms with E-state index in [2.05, 4.69) is 6.92 Å². The minimum atomic E-state index is -0.843. The average Bonchev–Trinajstić information content (AvgIpc) is 3.17. The number of ketones is 1. The third-order valence-electron chi connectivity index (χ3n) is 5.12. The van der Waals surface area contributed by atoms with E-state index in [1.165, 1.54) is 0 Å². The highest BCUT2D eigenvalue weighted by molar-refractivity contribution is 6.08. The monoisotopic (exact) mass is 325 g/mol. The molecule has 0 radical (unpaired) electrons. The Hall–Kier alpha value is -2.36. The molecule has 1 atom stereocenters. The SMILES string of the molecule is CCCCCC1(C(=O)O)CCn2c(C(=O)c3ccccc3)ccc21. The maximum absolute atomic E-state index is 12.7. The molecule has 0 spiro atoms. The summed E-state index contributed by atoms with van der Waals surface area (Å²) >= 11 is 0. The molecule has 1 N–H and O–H groups in total. The molecule has 0 saturated carbocycles. The van der Waals surface area contributed by atoms with E-state index in [1.54, 1.807) is 18.2 Å². The molecule has 4 nitrogen and oxygen atoms in total. The fourth-order valence-electron chi connectivity index (χ4n) is 3.75. The number of carboxylic acids is 1. The lowest BCUT2D eigenvalue weighted by molar-refractivity contribution is -0.144. The van der Waals surface area contributed by atoms with Gasteiger partial charge in [-0.05, 0) is 25.0 Å². The minimum Gasteiger partial charge on any atom is -0.481 e. The van der Waals surface area contributed by atoms with Crippen molar-refractivity contribution in [2.24, 2.45) is 0 Å². The molecule has 0 aliphatic carbocycles. The van der Waals surface area contributed by atoms with E-state index >= 15 is 0 Å². The van der Waals surface area contributed by atoms with Crippen LogP contribution in [-0.2, 0) is 16.8 Å². The molecule has 0 bridgehead atoms. The van der Waals surface area contributed by atoms with E-state index in [-0.39, 0.29) is 5.78 Å². The van der Waals surface area contributed by atoms with Crippen molar-refractivity contribution in [3.05, 3.63) is 59.4 Å². The quantitative estimate of drug-likeness (QED) is 0.618. The van der Waals surface area contributed by atoms with Crippen LogP contribution in [0.4, 0.5) is 0 Å². The first-order valence-corrected chi connectivity index (χ1v) is 8.63. The number of unbranched alkanes of at least 4 members (excludes halogenated alkanes) is 2. The Labute approximate surface area is 142 Å². The molecule has 24 heavy (non-hydrogen) atoms. The molecule has 126 valence electrons. The van der Waals surface area contributed by atoms with E-state index in [1.807, 2.05) is 28.8 Å². The Morgan fingerprint density at radius 2 is 1.88 bits per heavy atom. The highest BCUT2D eigenvalue weighted by Gasteiger charge is 2.46. The fourth-order valence-corrected chi connectivity index (χ4v) is 3.75. The van der Waals surface area contributed by atoms with Crippen LogP contribution in [0.25, 0.3) is 0 Å². The molecule has 4 heteroatoms. The van der Waals surface area contributed by atoms with Crippen LogP contribution in [0, 0.1) is 0 Å². The summed E-state index contributed by atoms with van der Waals surface area (Å²) in [6, 6.07) is 12.8. The van der Waals surface area contributed by atoms with Crippen LogP contribution < -0.4 is 0 Å². The molecular weight excluding hydrogens is 302 g/mol. The summed E-state index contributed by atoms with van der Waals surface area (Å²) in [7, 11) is 0. The number of fused-ring (bicyclic) bond motifs is 1. The molecule has 1 aromatic carbocycles. The van der Waals surface area contributed by atoms with Crippen molar-refractivity contribution in [1.29, 1.82) is 0 Å². The van der Waals surface area contributed by atoms with Crippen molar-refractivity contribution in [1.82, 2.24) is 4.57 Å². The Morgan fingerprint density at radius 1 is 1.12 bits per heavy atom. The van der Waals surface area contributed by atoms with Gasteiger partial charge < -0.3 is 9.67 Å². The lowest BCUT2D eigenvalue weighted by Crippen LogP contribution is -2.33. The van der Waals surface area contributed by atoms with E-state index < -0.39 is 11.4 Å². The second-order valence-electron chi connectivity index (χ2n) is 6.54. The minimum absolute atomic E-state index is 0.0448. The molecule has 0 fully saturated rings. The molecule has 1 unspecified atom stereocenters.